The van der Waals surface area contributed by atoms with E-state index in [9.17, 15) is 14.7 Å². The molecule has 1 saturated heterocycles. The first kappa shape index (κ1) is 23.2. The van der Waals surface area contributed by atoms with Crippen LogP contribution in [0.4, 0.5) is 0 Å². The van der Waals surface area contributed by atoms with Crippen LogP contribution in [0, 0.1) is 29.1 Å². The Hall–Kier alpha value is -1.95. The van der Waals surface area contributed by atoms with Crippen molar-refractivity contribution in [3.63, 3.8) is 0 Å². The molecule has 6 heteroatoms. The van der Waals surface area contributed by atoms with E-state index in [2.05, 4.69) is 24.1 Å². The normalized spacial score (nSPS) is 36.1. The fourth-order valence-corrected chi connectivity index (χ4v) is 6.84. The molecular weight excluding hydrogens is 402 g/mol. The van der Waals surface area contributed by atoms with Crippen molar-refractivity contribution in [2.75, 3.05) is 13.1 Å². The van der Waals surface area contributed by atoms with Crippen LogP contribution in [0.1, 0.15) is 76.1 Å². The number of aromatic nitrogens is 1. The van der Waals surface area contributed by atoms with Crippen LogP contribution in [0.2, 0.25) is 0 Å². The van der Waals surface area contributed by atoms with Gasteiger partial charge in [-0.1, -0.05) is 20.8 Å². The molecule has 2 N–H and O–H groups in total. The zero-order valence-corrected chi connectivity index (χ0v) is 19.8. The highest BCUT2D eigenvalue weighted by molar-refractivity contribution is 5.94. The highest BCUT2D eigenvalue weighted by Gasteiger charge is 2.54. The Labute approximate surface area is 192 Å². The van der Waals surface area contributed by atoms with E-state index in [0.29, 0.717) is 5.56 Å². The molecule has 0 radical (unpaired) electrons. The third kappa shape index (κ3) is 4.43. The van der Waals surface area contributed by atoms with Crippen LogP contribution in [0.3, 0.4) is 0 Å². The molecule has 6 nitrogen and oxygen atoms in total. The topological polar surface area (TPSA) is 82.5 Å². The summed E-state index contributed by atoms with van der Waals surface area (Å²) < 4.78 is 0. The average Bonchev–Trinajstić information content (AvgIpc) is 2.81. The first-order chi connectivity index (χ1) is 15.3. The van der Waals surface area contributed by atoms with Crippen molar-refractivity contribution in [3.05, 3.63) is 30.1 Å². The van der Waals surface area contributed by atoms with Gasteiger partial charge in [0.1, 0.15) is 0 Å². The fourth-order valence-electron chi connectivity index (χ4n) is 6.84. The number of fused-ring (bicyclic) bond motifs is 1. The van der Waals surface area contributed by atoms with Gasteiger partial charge in [-0.3, -0.25) is 14.6 Å². The van der Waals surface area contributed by atoms with Crippen LogP contribution < -0.4 is 5.32 Å². The molecule has 2 amide bonds. The lowest BCUT2D eigenvalue weighted by Gasteiger charge is -2.56. The van der Waals surface area contributed by atoms with Gasteiger partial charge in [0.05, 0.1) is 6.10 Å². The summed E-state index contributed by atoms with van der Waals surface area (Å²) in [5.74, 6) is 0.182. The number of nitrogens with one attached hydrogen (secondary N) is 1. The maximum absolute atomic E-state index is 13.2. The summed E-state index contributed by atoms with van der Waals surface area (Å²) in [5, 5.41) is 14.8. The molecule has 1 aromatic rings. The van der Waals surface area contributed by atoms with Crippen molar-refractivity contribution in [1.29, 1.82) is 0 Å². The zero-order chi connectivity index (χ0) is 22.9. The molecule has 1 aliphatic heterocycles. The second kappa shape index (κ2) is 9.50. The number of hydrogen-bond acceptors (Lipinski definition) is 4. The smallest absolute Gasteiger partial charge is 0.251 e. The number of hydrogen-bond donors (Lipinski definition) is 2. The predicted molar refractivity (Wildman–Crippen MR) is 124 cm³/mol. The molecule has 0 aromatic carbocycles. The van der Waals surface area contributed by atoms with Crippen molar-refractivity contribution < 1.29 is 14.7 Å². The molecule has 2 saturated carbocycles. The standard InChI is InChI=1S/C26H39N3O3/c1-17(25(32)29-15-5-4-6-16-29)20-7-11-26(3)12-8-21(18(2)22(26)23(20)30)28-24(31)19-9-13-27-14-10-19/h9-10,13-14,17-18,20-23,30H,4-8,11-12,15-16H2,1-3H3,(H,28,31)/t17-,18+,20?,21-,22+,23-,26-/m0/s1. The van der Waals surface area contributed by atoms with Gasteiger partial charge in [-0.25, -0.2) is 0 Å². The molecular formula is C26H39N3O3. The summed E-state index contributed by atoms with van der Waals surface area (Å²) in [5.41, 5.74) is 0.671. The number of rotatable bonds is 4. The molecule has 176 valence electrons. The van der Waals surface area contributed by atoms with Crippen LogP contribution in [0.25, 0.3) is 0 Å². The molecule has 0 bridgehead atoms. The lowest BCUT2D eigenvalue weighted by Crippen LogP contribution is -2.58. The van der Waals surface area contributed by atoms with Gasteiger partial charge in [-0.15, -0.1) is 0 Å². The van der Waals surface area contributed by atoms with Crippen molar-refractivity contribution in [3.8, 4) is 0 Å². The monoisotopic (exact) mass is 441 g/mol. The largest absolute Gasteiger partial charge is 0.392 e. The third-order valence-electron chi connectivity index (χ3n) is 8.85. The van der Waals surface area contributed by atoms with Gasteiger partial charge in [0.15, 0.2) is 0 Å². The van der Waals surface area contributed by atoms with Gasteiger partial charge < -0.3 is 15.3 Å². The molecule has 1 unspecified atom stereocenters. The number of piperidine rings is 1. The molecule has 2 heterocycles. The Morgan fingerprint density at radius 1 is 1.16 bits per heavy atom. The Kier molecular flexibility index (Phi) is 6.89. The molecule has 7 atom stereocenters. The molecule has 0 spiro atoms. The molecule has 2 aliphatic carbocycles. The molecule has 4 rings (SSSR count). The minimum Gasteiger partial charge on any atom is -0.392 e. The van der Waals surface area contributed by atoms with Gasteiger partial charge in [0, 0.05) is 43.0 Å². The summed E-state index contributed by atoms with van der Waals surface area (Å²) >= 11 is 0. The summed E-state index contributed by atoms with van der Waals surface area (Å²) in [6, 6.07) is 3.48. The lowest BCUT2D eigenvalue weighted by molar-refractivity contribution is -0.150. The van der Waals surface area contributed by atoms with Crippen molar-refractivity contribution in [1.82, 2.24) is 15.2 Å². The summed E-state index contributed by atoms with van der Waals surface area (Å²) in [6.45, 7) is 8.19. The fraction of sp³-hybridized carbons (Fsp3) is 0.731. The van der Waals surface area contributed by atoms with Crippen molar-refractivity contribution >= 4 is 11.8 Å². The highest BCUT2D eigenvalue weighted by atomic mass is 16.3. The summed E-state index contributed by atoms with van der Waals surface area (Å²) in [4.78, 5) is 32.0. The van der Waals surface area contributed by atoms with E-state index in [4.69, 9.17) is 0 Å². The Morgan fingerprint density at radius 3 is 2.50 bits per heavy atom. The van der Waals surface area contributed by atoms with E-state index in [0.717, 1.165) is 51.6 Å². The number of carbonyl (C=O) groups excluding carboxylic acids is 2. The second-order valence-corrected chi connectivity index (χ2v) is 10.8. The second-order valence-electron chi connectivity index (χ2n) is 10.8. The van der Waals surface area contributed by atoms with E-state index in [1.54, 1.807) is 24.5 Å². The minimum absolute atomic E-state index is 0.0143. The number of pyridine rings is 1. The number of likely N-dealkylation sites (tertiary alicyclic amines) is 1. The number of aliphatic hydroxyl groups is 1. The number of nitrogens with zero attached hydrogens (tertiary/aromatic N) is 2. The Morgan fingerprint density at radius 2 is 1.81 bits per heavy atom. The first-order valence-electron chi connectivity index (χ1n) is 12.5. The number of amides is 2. The number of carbonyl (C=O) groups is 2. The maximum atomic E-state index is 13.2. The third-order valence-corrected chi connectivity index (χ3v) is 8.85. The van der Waals surface area contributed by atoms with Gasteiger partial charge in [-0.2, -0.15) is 0 Å². The van der Waals surface area contributed by atoms with Crippen molar-refractivity contribution in [2.45, 2.75) is 77.9 Å². The summed E-state index contributed by atoms with van der Waals surface area (Å²) in [6.07, 6.45) is 9.96. The van der Waals surface area contributed by atoms with Gasteiger partial charge in [0.2, 0.25) is 5.91 Å². The van der Waals surface area contributed by atoms with E-state index in [-0.39, 0.29) is 46.9 Å². The molecule has 3 aliphatic rings. The average molecular weight is 442 g/mol. The number of aliphatic hydroxyl groups excluding tert-OH is 1. The zero-order valence-electron chi connectivity index (χ0n) is 19.8. The quantitative estimate of drug-likeness (QED) is 0.747. The van der Waals surface area contributed by atoms with Crippen LogP contribution in [-0.2, 0) is 4.79 Å². The van der Waals surface area contributed by atoms with E-state index in [1.807, 2.05) is 11.8 Å². The van der Waals surface area contributed by atoms with Crippen LogP contribution >= 0.6 is 0 Å². The molecule has 32 heavy (non-hydrogen) atoms. The van der Waals surface area contributed by atoms with Crippen LogP contribution in [0.15, 0.2) is 24.5 Å². The van der Waals surface area contributed by atoms with Crippen LogP contribution in [-0.4, -0.2) is 52.0 Å². The van der Waals surface area contributed by atoms with E-state index >= 15 is 0 Å². The van der Waals surface area contributed by atoms with Crippen molar-refractivity contribution in [2.24, 2.45) is 29.1 Å². The SMILES string of the molecule is C[C@H]1[C@@H]2[C@@H](O)C([C@H](C)C(=O)N3CCCCC3)CC[C@@]2(C)CC[C@@H]1NC(=O)c1ccncc1. The van der Waals surface area contributed by atoms with E-state index < -0.39 is 6.10 Å². The summed E-state index contributed by atoms with van der Waals surface area (Å²) in [7, 11) is 0. The predicted octanol–water partition coefficient (Wildman–Crippen LogP) is 3.65. The Bertz CT molecular complexity index is 810. The van der Waals surface area contributed by atoms with Crippen LogP contribution in [0.5, 0.6) is 0 Å². The molecule has 1 aromatic heterocycles. The highest BCUT2D eigenvalue weighted by Crippen LogP contribution is 2.55. The van der Waals surface area contributed by atoms with Gasteiger partial charge >= 0.3 is 0 Å². The minimum atomic E-state index is -0.520. The van der Waals surface area contributed by atoms with Gasteiger partial charge in [-0.05, 0) is 80.2 Å². The van der Waals surface area contributed by atoms with Gasteiger partial charge in [0.25, 0.3) is 5.91 Å². The van der Waals surface area contributed by atoms with E-state index in [1.165, 1.54) is 6.42 Å². The first-order valence-corrected chi connectivity index (χ1v) is 12.5. The lowest BCUT2D eigenvalue weighted by atomic mass is 9.51. The maximum Gasteiger partial charge on any atom is 0.251 e. The Balaban J connectivity index is 1.47. The molecule has 3 fully saturated rings.